The van der Waals surface area contributed by atoms with Crippen LogP contribution >= 0.6 is 0 Å². The molecule has 0 saturated carbocycles. The van der Waals surface area contributed by atoms with Gasteiger partial charge >= 0.3 is 24.4 Å². The van der Waals surface area contributed by atoms with Gasteiger partial charge in [-0.25, -0.2) is 14.6 Å². The minimum atomic E-state index is -4.70. The molecule has 0 spiro atoms. The highest BCUT2D eigenvalue weighted by molar-refractivity contribution is 5.89. The molecule has 1 aromatic carbocycles. The molecular weight excluding hydrogens is 630 g/mol. The lowest BCUT2D eigenvalue weighted by molar-refractivity contribution is -0.141. The van der Waals surface area contributed by atoms with Gasteiger partial charge < -0.3 is 20.1 Å². The summed E-state index contributed by atoms with van der Waals surface area (Å²) in [6.07, 6.45) is -4.23. The largest absolute Gasteiger partial charge is 0.481 e. The van der Waals surface area contributed by atoms with E-state index in [1.165, 1.54) is 42.5 Å². The summed E-state index contributed by atoms with van der Waals surface area (Å²) in [6.45, 7) is 1.73. The van der Waals surface area contributed by atoms with E-state index >= 15 is 0 Å². The molecule has 3 aliphatic rings. The lowest BCUT2D eigenvalue weighted by atomic mass is 9.77. The van der Waals surface area contributed by atoms with Crippen LogP contribution in [0.25, 0.3) is 16.7 Å². The van der Waals surface area contributed by atoms with Crippen molar-refractivity contribution in [2.75, 3.05) is 7.11 Å². The molecule has 2 aromatic heterocycles. The predicted octanol–water partition coefficient (Wildman–Crippen LogP) is 7.37. The monoisotopic (exact) mass is 658 g/mol. The van der Waals surface area contributed by atoms with Crippen LogP contribution in [0.3, 0.4) is 0 Å². The zero-order chi connectivity index (χ0) is 33.8. The molecule has 2 amide bonds. The minimum Gasteiger partial charge on any atom is -0.481 e. The van der Waals surface area contributed by atoms with Crippen LogP contribution in [0.5, 0.6) is 5.88 Å². The number of hydrogen-bond donors (Lipinski definition) is 2. The van der Waals surface area contributed by atoms with Crippen LogP contribution in [-0.2, 0) is 6.18 Å². The molecule has 14 heteroatoms. The van der Waals surface area contributed by atoms with Gasteiger partial charge in [0.2, 0.25) is 5.88 Å². The second-order valence-electron chi connectivity index (χ2n) is 11.8. The summed E-state index contributed by atoms with van der Waals surface area (Å²) in [5.74, 6) is -1.82. The van der Waals surface area contributed by atoms with Gasteiger partial charge in [0.05, 0.1) is 24.8 Å². The van der Waals surface area contributed by atoms with E-state index in [0.29, 0.717) is 40.7 Å². The zero-order valence-corrected chi connectivity index (χ0v) is 25.0. The molecule has 4 atom stereocenters. The second-order valence-corrected chi connectivity index (χ2v) is 11.8. The van der Waals surface area contributed by atoms with Crippen molar-refractivity contribution in [2.24, 2.45) is 5.92 Å². The van der Waals surface area contributed by atoms with Crippen molar-refractivity contribution in [1.29, 1.82) is 0 Å². The van der Waals surface area contributed by atoms with Crippen LogP contribution in [0.15, 0.2) is 66.5 Å². The summed E-state index contributed by atoms with van der Waals surface area (Å²) in [5, 5.41) is 12.1. The SMILES string of the molecule is COc1ncc(-c2ccc(C(=O)O)cc2C)cc1C1=CC=C(C(F)(F)F)CC1[C@@H]1CC[C@H]2[C@@H](c3ccnc(C(F)(F)F)c3)NC(=O)N12. The van der Waals surface area contributed by atoms with E-state index in [-0.39, 0.29) is 17.0 Å². The van der Waals surface area contributed by atoms with Crippen molar-refractivity contribution in [3.05, 3.63) is 94.5 Å². The van der Waals surface area contributed by atoms with Crippen LogP contribution in [0, 0.1) is 12.8 Å². The number of hydrogen-bond acceptors (Lipinski definition) is 5. The smallest absolute Gasteiger partial charge is 0.433 e. The number of alkyl halides is 6. The van der Waals surface area contributed by atoms with Gasteiger partial charge in [-0.2, -0.15) is 26.3 Å². The Morgan fingerprint density at radius 2 is 1.72 bits per heavy atom. The Hall–Kier alpha value is -4.88. The number of nitrogens with zero attached hydrogens (tertiary/aromatic N) is 3. The first-order valence-corrected chi connectivity index (χ1v) is 14.7. The van der Waals surface area contributed by atoms with Crippen LogP contribution in [0.4, 0.5) is 31.1 Å². The number of carboxylic acid groups (broad SMARTS) is 1. The number of carbonyl (C=O) groups excluding carboxylic acids is 1. The van der Waals surface area contributed by atoms with Crippen molar-refractivity contribution in [1.82, 2.24) is 20.2 Å². The molecule has 6 rings (SSSR count). The van der Waals surface area contributed by atoms with Gasteiger partial charge in [0, 0.05) is 41.1 Å². The van der Waals surface area contributed by atoms with E-state index in [4.69, 9.17) is 4.74 Å². The molecule has 3 aromatic rings. The van der Waals surface area contributed by atoms with Gasteiger partial charge in [0.25, 0.3) is 0 Å². The molecule has 2 fully saturated rings. The van der Waals surface area contributed by atoms with Gasteiger partial charge in [0.1, 0.15) is 5.69 Å². The van der Waals surface area contributed by atoms with Crippen LogP contribution in [0.1, 0.15) is 58.0 Å². The highest BCUT2D eigenvalue weighted by Crippen LogP contribution is 2.49. The van der Waals surface area contributed by atoms with Gasteiger partial charge in [-0.1, -0.05) is 18.2 Å². The molecule has 0 radical (unpaired) electrons. The van der Waals surface area contributed by atoms with Crippen molar-refractivity contribution in [3.8, 4) is 17.0 Å². The summed E-state index contributed by atoms with van der Waals surface area (Å²) in [6, 6.07) is 5.84. The van der Waals surface area contributed by atoms with E-state index in [9.17, 15) is 41.0 Å². The number of halogens is 6. The fourth-order valence-corrected chi connectivity index (χ4v) is 6.96. The maximum absolute atomic E-state index is 14.1. The van der Waals surface area contributed by atoms with Crippen LogP contribution < -0.4 is 10.1 Å². The lowest BCUT2D eigenvalue weighted by Gasteiger charge is -2.35. The predicted molar refractivity (Wildman–Crippen MR) is 157 cm³/mol. The number of nitrogens with one attached hydrogen (secondary N) is 1. The van der Waals surface area contributed by atoms with E-state index in [1.54, 1.807) is 19.1 Å². The Labute approximate surface area is 264 Å². The number of ether oxygens (including phenoxy) is 1. The molecule has 4 heterocycles. The summed E-state index contributed by atoms with van der Waals surface area (Å²) >= 11 is 0. The molecule has 2 aliphatic heterocycles. The molecule has 2 saturated heterocycles. The molecule has 246 valence electrons. The van der Waals surface area contributed by atoms with E-state index < -0.39 is 66.1 Å². The van der Waals surface area contributed by atoms with Crippen molar-refractivity contribution < 1.29 is 45.8 Å². The zero-order valence-electron chi connectivity index (χ0n) is 25.0. The number of aromatic carboxylic acids is 1. The molecule has 1 aliphatic carbocycles. The summed E-state index contributed by atoms with van der Waals surface area (Å²) in [7, 11) is 1.38. The average molecular weight is 659 g/mol. The third-order valence-corrected chi connectivity index (χ3v) is 9.08. The molecular formula is C33H28F6N4O4. The number of carboxylic acids is 1. The highest BCUT2D eigenvalue weighted by Gasteiger charge is 2.52. The average Bonchev–Trinajstić information content (AvgIpc) is 3.60. The first kappa shape index (κ1) is 32.1. The van der Waals surface area contributed by atoms with E-state index in [1.807, 2.05) is 0 Å². The maximum atomic E-state index is 14.1. The van der Waals surface area contributed by atoms with Crippen LogP contribution in [0.2, 0.25) is 0 Å². The van der Waals surface area contributed by atoms with Crippen molar-refractivity contribution >= 4 is 17.6 Å². The number of carbonyl (C=O) groups is 2. The summed E-state index contributed by atoms with van der Waals surface area (Å²) < 4.78 is 88.0. The minimum absolute atomic E-state index is 0.0900. The number of urea groups is 1. The maximum Gasteiger partial charge on any atom is 0.433 e. The number of allylic oxidation sites excluding steroid dienone is 3. The first-order valence-electron chi connectivity index (χ1n) is 14.7. The van der Waals surface area contributed by atoms with Gasteiger partial charge in [-0.3, -0.25) is 4.98 Å². The van der Waals surface area contributed by atoms with Gasteiger partial charge in [0.15, 0.2) is 0 Å². The second kappa shape index (κ2) is 11.7. The number of fused-ring (bicyclic) bond motifs is 1. The molecule has 1 unspecified atom stereocenters. The molecule has 2 N–H and O–H groups in total. The first-order chi connectivity index (χ1) is 22.2. The van der Waals surface area contributed by atoms with Gasteiger partial charge in [-0.05, 0) is 78.8 Å². The lowest BCUT2D eigenvalue weighted by Crippen LogP contribution is -2.42. The summed E-state index contributed by atoms with van der Waals surface area (Å²) in [5.41, 5.74) is 1.12. The fourth-order valence-electron chi connectivity index (χ4n) is 6.96. The van der Waals surface area contributed by atoms with Crippen molar-refractivity contribution in [2.45, 2.75) is 56.7 Å². The fraction of sp³-hybridized carbons (Fsp3) is 0.333. The third-order valence-electron chi connectivity index (χ3n) is 9.08. The summed E-state index contributed by atoms with van der Waals surface area (Å²) in [4.78, 5) is 34.2. The Bertz CT molecular complexity index is 1820. The molecule has 8 nitrogen and oxygen atoms in total. The Kier molecular flexibility index (Phi) is 8.00. The van der Waals surface area contributed by atoms with Gasteiger partial charge in [-0.15, -0.1) is 0 Å². The number of aryl methyl sites for hydroxylation is 1. The number of rotatable bonds is 6. The number of benzene rings is 1. The Balaban J connectivity index is 1.40. The number of amides is 2. The van der Waals surface area contributed by atoms with Crippen molar-refractivity contribution in [3.63, 3.8) is 0 Å². The quantitative estimate of drug-likeness (QED) is 0.268. The highest BCUT2D eigenvalue weighted by atomic mass is 19.4. The number of aromatic nitrogens is 2. The molecule has 0 bridgehead atoms. The number of pyridine rings is 2. The standard InChI is InChI=1S/C33H28F6N4O4/c1-16-11-18(30(44)45)3-5-21(16)19-12-24(29(47-2)41-15-19)22-6-4-20(32(34,35)36)14-23(22)25-7-8-26-28(42-31(46)43(25)26)17-9-10-40-27(13-17)33(37,38)39/h3-6,9-13,15,23,25-26,28H,7-8,14H2,1-2H3,(H,42,46)(H,44,45)/t23?,25-,26-,28+/m0/s1. The number of methoxy groups -OCH3 is 1. The van der Waals surface area contributed by atoms with Crippen LogP contribution in [-0.4, -0.2) is 57.3 Å². The Morgan fingerprint density at radius 3 is 2.38 bits per heavy atom. The Morgan fingerprint density at radius 1 is 0.979 bits per heavy atom. The van der Waals surface area contributed by atoms with E-state index in [2.05, 4.69) is 15.3 Å². The van der Waals surface area contributed by atoms with E-state index in [0.717, 1.165) is 18.3 Å². The third kappa shape index (κ3) is 5.92. The molecule has 47 heavy (non-hydrogen) atoms. The topological polar surface area (TPSA) is 105 Å². The normalized spacial score (nSPS) is 22.8.